The first-order valence-electron chi connectivity index (χ1n) is 7.89. The summed E-state index contributed by atoms with van der Waals surface area (Å²) in [6.07, 6.45) is 2.59. The molecule has 23 heavy (non-hydrogen) atoms. The second kappa shape index (κ2) is 5.79. The number of aryl methyl sites for hydroxylation is 1. The lowest BCUT2D eigenvalue weighted by molar-refractivity contribution is -0.129. The van der Waals surface area contributed by atoms with Gasteiger partial charge in [-0.2, -0.15) is 4.31 Å². The number of sulfonamides is 1. The van der Waals surface area contributed by atoms with Gasteiger partial charge in [0.05, 0.1) is 4.90 Å². The molecule has 2 heterocycles. The summed E-state index contributed by atoms with van der Waals surface area (Å²) in [4.78, 5) is 16.1. The van der Waals surface area contributed by atoms with Crippen molar-refractivity contribution in [1.82, 2.24) is 9.21 Å². The van der Waals surface area contributed by atoms with Crippen molar-refractivity contribution in [1.29, 1.82) is 0 Å². The maximum Gasteiger partial charge on any atom is 0.243 e. The van der Waals surface area contributed by atoms with Gasteiger partial charge in [0.2, 0.25) is 15.9 Å². The number of hydrogen-bond donors (Lipinski definition) is 0. The molecule has 6 nitrogen and oxygen atoms in total. The third kappa shape index (κ3) is 2.72. The molecule has 1 aromatic rings. The molecule has 0 N–H and O–H groups in total. The fourth-order valence-corrected chi connectivity index (χ4v) is 4.74. The molecule has 126 valence electrons. The number of hydrogen-bond acceptors (Lipinski definition) is 4. The van der Waals surface area contributed by atoms with E-state index in [2.05, 4.69) is 4.90 Å². The molecule has 0 aliphatic carbocycles. The summed E-state index contributed by atoms with van der Waals surface area (Å²) in [5, 5.41) is 0. The lowest BCUT2D eigenvalue weighted by atomic mass is 10.0. The van der Waals surface area contributed by atoms with Gasteiger partial charge >= 0.3 is 0 Å². The summed E-state index contributed by atoms with van der Waals surface area (Å²) in [6, 6.07) is 4.70. The van der Waals surface area contributed by atoms with Crippen LogP contribution >= 0.6 is 0 Å². The van der Waals surface area contributed by atoms with Crippen LogP contribution in [0.25, 0.3) is 0 Å². The van der Waals surface area contributed by atoms with Crippen molar-refractivity contribution >= 4 is 21.6 Å². The second-order valence-corrected chi connectivity index (χ2v) is 8.40. The number of carbonyl (C=O) groups is 1. The topological polar surface area (TPSA) is 60.9 Å². The molecule has 1 aromatic carbocycles. The van der Waals surface area contributed by atoms with Crippen molar-refractivity contribution in [3.8, 4) is 0 Å². The Kier molecular flexibility index (Phi) is 4.10. The molecule has 1 amide bonds. The minimum Gasteiger partial charge on any atom is -0.374 e. The van der Waals surface area contributed by atoms with Gasteiger partial charge in [0.1, 0.15) is 6.04 Å². The van der Waals surface area contributed by atoms with E-state index in [4.69, 9.17) is 0 Å². The molecular formula is C16H23N3O3S. The fourth-order valence-electron chi connectivity index (χ4n) is 3.37. The van der Waals surface area contributed by atoms with Crippen molar-refractivity contribution < 1.29 is 13.2 Å². The third-order valence-corrected chi connectivity index (χ3v) is 6.79. The van der Waals surface area contributed by atoms with Crippen LogP contribution in [0.4, 0.5) is 5.69 Å². The first kappa shape index (κ1) is 16.3. The molecule has 2 aliphatic heterocycles. The van der Waals surface area contributed by atoms with Gasteiger partial charge < -0.3 is 9.80 Å². The summed E-state index contributed by atoms with van der Waals surface area (Å²) >= 11 is 0. The van der Waals surface area contributed by atoms with Crippen LogP contribution < -0.4 is 4.90 Å². The molecule has 1 atom stereocenters. The number of benzene rings is 1. The standard InChI is InChI=1S/C16H23N3O3S/c1-17-9-4-5-12-6-7-13(11-15(12)17)23(21,22)19(3)14-8-10-18(2)16(14)20/h6-7,11,14H,4-5,8-10H2,1-3H3. The smallest absolute Gasteiger partial charge is 0.243 e. The van der Waals surface area contributed by atoms with Crippen LogP contribution in [-0.2, 0) is 21.2 Å². The molecule has 1 fully saturated rings. The number of rotatable bonds is 3. The molecule has 3 rings (SSSR count). The molecule has 1 unspecified atom stereocenters. The zero-order valence-electron chi connectivity index (χ0n) is 13.8. The van der Waals surface area contributed by atoms with E-state index in [-0.39, 0.29) is 10.8 Å². The largest absolute Gasteiger partial charge is 0.374 e. The Labute approximate surface area is 137 Å². The van der Waals surface area contributed by atoms with Crippen LogP contribution in [0.1, 0.15) is 18.4 Å². The van der Waals surface area contributed by atoms with Crippen molar-refractivity contribution in [3.05, 3.63) is 23.8 Å². The molecule has 0 saturated carbocycles. The van der Waals surface area contributed by atoms with Crippen LogP contribution in [0.2, 0.25) is 0 Å². The Balaban J connectivity index is 1.94. The van der Waals surface area contributed by atoms with Gasteiger partial charge in [-0.15, -0.1) is 0 Å². The quantitative estimate of drug-likeness (QED) is 0.823. The minimum absolute atomic E-state index is 0.133. The van der Waals surface area contributed by atoms with Crippen LogP contribution in [0.3, 0.4) is 0 Å². The number of anilines is 1. The van der Waals surface area contributed by atoms with E-state index in [0.29, 0.717) is 13.0 Å². The highest BCUT2D eigenvalue weighted by molar-refractivity contribution is 7.89. The molecular weight excluding hydrogens is 314 g/mol. The van der Waals surface area contributed by atoms with E-state index in [9.17, 15) is 13.2 Å². The van der Waals surface area contributed by atoms with E-state index in [1.54, 1.807) is 24.1 Å². The normalized spacial score (nSPS) is 21.9. The SMILES string of the molecule is CN1CCC(N(C)S(=O)(=O)c2ccc3c(c2)N(C)CCC3)C1=O. The Morgan fingerprint density at radius 3 is 2.57 bits per heavy atom. The Hall–Kier alpha value is -1.60. The Bertz CT molecular complexity index is 732. The lowest BCUT2D eigenvalue weighted by Gasteiger charge is -2.29. The average Bonchev–Trinajstić information content (AvgIpc) is 2.86. The van der Waals surface area contributed by atoms with Gasteiger partial charge in [0.15, 0.2) is 0 Å². The molecule has 1 saturated heterocycles. The van der Waals surface area contributed by atoms with Crippen molar-refractivity contribution in [3.63, 3.8) is 0 Å². The van der Waals surface area contributed by atoms with Crippen LogP contribution in [0.5, 0.6) is 0 Å². The number of amides is 1. The summed E-state index contributed by atoms with van der Waals surface area (Å²) in [5.41, 5.74) is 2.15. The molecule has 0 aromatic heterocycles. The highest BCUT2D eigenvalue weighted by Gasteiger charge is 2.38. The van der Waals surface area contributed by atoms with E-state index in [1.807, 2.05) is 13.1 Å². The monoisotopic (exact) mass is 337 g/mol. The van der Waals surface area contributed by atoms with E-state index >= 15 is 0 Å². The van der Waals surface area contributed by atoms with Crippen molar-refractivity contribution in [2.75, 3.05) is 39.1 Å². The molecule has 2 aliphatic rings. The first-order valence-corrected chi connectivity index (χ1v) is 9.33. The van der Waals surface area contributed by atoms with E-state index in [0.717, 1.165) is 25.1 Å². The van der Waals surface area contributed by atoms with Gasteiger partial charge in [-0.3, -0.25) is 4.79 Å². The maximum absolute atomic E-state index is 12.9. The van der Waals surface area contributed by atoms with Gasteiger partial charge in [0, 0.05) is 39.9 Å². The van der Waals surface area contributed by atoms with Crippen molar-refractivity contribution in [2.24, 2.45) is 0 Å². The zero-order chi connectivity index (χ0) is 16.8. The van der Waals surface area contributed by atoms with Gasteiger partial charge in [-0.25, -0.2) is 8.42 Å². The third-order valence-electron chi connectivity index (χ3n) is 4.92. The fraction of sp³-hybridized carbons (Fsp3) is 0.562. The molecule has 0 bridgehead atoms. The summed E-state index contributed by atoms with van der Waals surface area (Å²) in [5.74, 6) is -0.133. The molecule has 0 spiro atoms. The Morgan fingerprint density at radius 1 is 1.17 bits per heavy atom. The minimum atomic E-state index is -3.68. The number of likely N-dealkylation sites (tertiary alicyclic amines) is 1. The number of fused-ring (bicyclic) bond motifs is 1. The highest BCUT2D eigenvalue weighted by atomic mass is 32.2. The Morgan fingerprint density at radius 2 is 1.91 bits per heavy atom. The predicted octanol–water partition coefficient (Wildman–Crippen LogP) is 0.920. The summed E-state index contributed by atoms with van der Waals surface area (Å²) in [7, 11) is 1.51. The number of likely N-dealkylation sites (N-methyl/N-ethyl adjacent to an activating group) is 2. The predicted molar refractivity (Wildman–Crippen MR) is 89.0 cm³/mol. The summed E-state index contributed by atoms with van der Waals surface area (Å²) in [6.45, 7) is 1.52. The van der Waals surface area contributed by atoms with Crippen LogP contribution in [0.15, 0.2) is 23.1 Å². The number of carbonyl (C=O) groups excluding carboxylic acids is 1. The van der Waals surface area contributed by atoms with Gasteiger partial charge in [-0.1, -0.05) is 6.07 Å². The number of nitrogens with zero attached hydrogens (tertiary/aromatic N) is 3. The zero-order valence-corrected chi connectivity index (χ0v) is 14.6. The van der Waals surface area contributed by atoms with Crippen molar-refractivity contribution in [2.45, 2.75) is 30.2 Å². The molecule has 7 heteroatoms. The van der Waals surface area contributed by atoms with Crippen LogP contribution in [0, 0.1) is 0 Å². The average molecular weight is 337 g/mol. The molecule has 0 radical (unpaired) electrons. The second-order valence-electron chi connectivity index (χ2n) is 6.40. The van der Waals surface area contributed by atoms with E-state index in [1.165, 1.54) is 16.9 Å². The first-order chi connectivity index (χ1) is 10.8. The van der Waals surface area contributed by atoms with Gasteiger partial charge in [0.25, 0.3) is 0 Å². The van der Waals surface area contributed by atoms with Crippen LogP contribution in [-0.4, -0.2) is 63.8 Å². The maximum atomic E-state index is 12.9. The highest BCUT2D eigenvalue weighted by Crippen LogP contribution is 2.30. The lowest BCUT2D eigenvalue weighted by Crippen LogP contribution is -2.42. The van der Waals surface area contributed by atoms with Gasteiger partial charge in [-0.05, 0) is 37.0 Å². The van der Waals surface area contributed by atoms with E-state index < -0.39 is 16.1 Å². The summed E-state index contributed by atoms with van der Waals surface area (Å²) < 4.78 is 27.0.